The number of sulfonamides is 1. The second-order valence-electron chi connectivity index (χ2n) is 3.88. The third-order valence-corrected chi connectivity index (χ3v) is 3.62. The number of rotatable bonds is 6. The molecule has 100 valence electrons. The van der Waals surface area contributed by atoms with Crippen molar-refractivity contribution in [1.82, 2.24) is 0 Å². The van der Waals surface area contributed by atoms with Crippen molar-refractivity contribution in [2.75, 3.05) is 10.5 Å². The Morgan fingerprint density at radius 3 is 2.67 bits per heavy atom. The fourth-order valence-corrected chi connectivity index (χ4v) is 2.41. The van der Waals surface area contributed by atoms with Crippen LogP contribution in [0.15, 0.2) is 18.2 Å². The number of carbonyl (C=O) groups is 1. The Kier molecular flexibility index (Phi) is 4.66. The topological polar surface area (TPSA) is 83.5 Å². The van der Waals surface area contributed by atoms with Gasteiger partial charge in [0.05, 0.1) is 11.4 Å². The zero-order valence-corrected chi connectivity index (χ0v) is 10.6. The zero-order chi connectivity index (χ0) is 13.8. The summed E-state index contributed by atoms with van der Waals surface area (Å²) in [4.78, 5) is 10.3. The van der Waals surface area contributed by atoms with Crippen LogP contribution in [0.2, 0.25) is 0 Å². The molecule has 0 saturated carbocycles. The van der Waals surface area contributed by atoms with E-state index in [1.807, 2.05) is 0 Å². The SMILES string of the molecule is Cc1ccc(NS(=O)(=O)CCCC(=O)O)cc1F. The third-order valence-electron chi connectivity index (χ3n) is 2.25. The van der Waals surface area contributed by atoms with Gasteiger partial charge >= 0.3 is 5.97 Å². The van der Waals surface area contributed by atoms with Crippen molar-refractivity contribution >= 4 is 21.7 Å². The largest absolute Gasteiger partial charge is 0.481 e. The molecule has 1 aromatic rings. The normalized spacial score (nSPS) is 11.2. The summed E-state index contributed by atoms with van der Waals surface area (Å²) in [5.41, 5.74) is 0.553. The van der Waals surface area contributed by atoms with Gasteiger partial charge in [0.1, 0.15) is 5.82 Å². The summed E-state index contributed by atoms with van der Waals surface area (Å²) >= 11 is 0. The molecule has 1 rings (SSSR count). The Bertz CT molecular complexity index is 542. The van der Waals surface area contributed by atoms with Crippen molar-refractivity contribution in [3.8, 4) is 0 Å². The molecule has 0 spiro atoms. The lowest BCUT2D eigenvalue weighted by molar-refractivity contribution is -0.137. The first-order chi connectivity index (χ1) is 8.30. The summed E-state index contributed by atoms with van der Waals surface area (Å²) in [7, 11) is -3.64. The molecular formula is C11H14FNO4S. The molecule has 0 heterocycles. The number of hydrogen-bond acceptors (Lipinski definition) is 3. The van der Waals surface area contributed by atoms with E-state index in [2.05, 4.69) is 4.72 Å². The molecule has 18 heavy (non-hydrogen) atoms. The monoisotopic (exact) mass is 275 g/mol. The molecule has 0 saturated heterocycles. The van der Waals surface area contributed by atoms with Gasteiger partial charge in [0.25, 0.3) is 0 Å². The number of benzene rings is 1. The maximum absolute atomic E-state index is 13.2. The number of aliphatic carboxylic acids is 1. The molecule has 5 nitrogen and oxygen atoms in total. The van der Waals surface area contributed by atoms with E-state index in [4.69, 9.17) is 5.11 Å². The van der Waals surface area contributed by atoms with Crippen molar-refractivity contribution in [2.24, 2.45) is 0 Å². The van der Waals surface area contributed by atoms with Crippen LogP contribution in [-0.2, 0) is 14.8 Å². The van der Waals surface area contributed by atoms with Gasteiger partial charge < -0.3 is 5.11 Å². The molecule has 0 aliphatic heterocycles. The van der Waals surface area contributed by atoms with Gasteiger partial charge in [-0.2, -0.15) is 0 Å². The Labute approximate surface area is 105 Å². The Balaban J connectivity index is 2.64. The molecule has 0 bridgehead atoms. The summed E-state index contributed by atoms with van der Waals surface area (Å²) in [6.07, 6.45) is -0.206. The average molecular weight is 275 g/mol. The highest BCUT2D eigenvalue weighted by Gasteiger charge is 2.12. The predicted molar refractivity (Wildman–Crippen MR) is 65.4 cm³/mol. The molecule has 0 aliphatic carbocycles. The molecule has 2 N–H and O–H groups in total. The van der Waals surface area contributed by atoms with Crippen LogP contribution < -0.4 is 4.72 Å². The van der Waals surface area contributed by atoms with Crippen LogP contribution in [0.1, 0.15) is 18.4 Å². The fourth-order valence-electron chi connectivity index (χ4n) is 1.30. The number of aryl methyl sites for hydroxylation is 1. The standard InChI is InChI=1S/C11H14FNO4S/c1-8-4-5-9(7-10(8)12)13-18(16,17)6-2-3-11(14)15/h4-5,7,13H,2-3,6H2,1H3,(H,14,15). The lowest BCUT2D eigenvalue weighted by Crippen LogP contribution is -2.17. The number of nitrogens with one attached hydrogen (secondary N) is 1. The van der Waals surface area contributed by atoms with Gasteiger partial charge in [-0.3, -0.25) is 9.52 Å². The Morgan fingerprint density at radius 2 is 2.11 bits per heavy atom. The van der Waals surface area contributed by atoms with Gasteiger partial charge in [-0.15, -0.1) is 0 Å². The van der Waals surface area contributed by atoms with Gasteiger partial charge in [0, 0.05) is 6.42 Å². The minimum absolute atomic E-state index is 0.0129. The number of anilines is 1. The minimum atomic E-state index is -3.64. The van der Waals surface area contributed by atoms with Crippen molar-refractivity contribution in [3.05, 3.63) is 29.6 Å². The molecule has 0 unspecified atom stereocenters. The second-order valence-corrected chi connectivity index (χ2v) is 5.72. The summed E-state index contributed by atoms with van der Waals surface area (Å²) in [5, 5.41) is 8.40. The van der Waals surface area contributed by atoms with Gasteiger partial charge in [-0.1, -0.05) is 6.07 Å². The maximum Gasteiger partial charge on any atom is 0.303 e. The van der Waals surface area contributed by atoms with E-state index in [0.717, 1.165) is 6.07 Å². The van der Waals surface area contributed by atoms with Crippen LogP contribution in [0.4, 0.5) is 10.1 Å². The molecule has 7 heteroatoms. The molecule has 0 radical (unpaired) electrons. The molecule has 0 atom stereocenters. The number of carboxylic acids is 1. The Hall–Kier alpha value is -1.63. The van der Waals surface area contributed by atoms with Crippen molar-refractivity contribution < 1.29 is 22.7 Å². The van der Waals surface area contributed by atoms with Gasteiger partial charge in [0.15, 0.2) is 0 Å². The van der Waals surface area contributed by atoms with Crippen LogP contribution in [0.3, 0.4) is 0 Å². The van der Waals surface area contributed by atoms with E-state index in [1.54, 1.807) is 6.92 Å². The van der Waals surface area contributed by atoms with E-state index >= 15 is 0 Å². The predicted octanol–water partition coefficient (Wildman–Crippen LogP) is 1.74. The van der Waals surface area contributed by atoms with Crippen molar-refractivity contribution in [3.63, 3.8) is 0 Å². The zero-order valence-electron chi connectivity index (χ0n) is 9.81. The highest BCUT2D eigenvalue weighted by atomic mass is 32.2. The fraction of sp³-hybridized carbons (Fsp3) is 0.364. The first-order valence-corrected chi connectivity index (χ1v) is 6.94. The summed E-state index contributed by atoms with van der Waals surface area (Å²) in [6, 6.07) is 4.00. The molecule has 0 aromatic heterocycles. The highest BCUT2D eigenvalue weighted by molar-refractivity contribution is 7.92. The van der Waals surface area contributed by atoms with Crippen molar-refractivity contribution in [2.45, 2.75) is 19.8 Å². The molecule has 1 aromatic carbocycles. The molecular weight excluding hydrogens is 261 g/mol. The number of halogens is 1. The number of hydrogen-bond donors (Lipinski definition) is 2. The molecule has 0 amide bonds. The third kappa shape index (κ3) is 4.70. The number of carboxylic acid groups (broad SMARTS) is 1. The van der Waals surface area contributed by atoms with Crippen LogP contribution in [0.5, 0.6) is 0 Å². The first-order valence-electron chi connectivity index (χ1n) is 5.28. The van der Waals surface area contributed by atoms with Gasteiger partial charge in [-0.25, -0.2) is 12.8 Å². The molecule has 0 aliphatic rings. The smallest absolute Gasteiger partial charge is 0.303 e. The van der Waals surface area contributed by atoms with E-state index in [1.165, 1.54) is 12.1 Å². The van der Waals surface area contributed by atoms with Crippen molar-refractivity contribution in [1.29, 1.82) is 0 Å². The first kappa shape index (κ1) is 14.4. The van der Waals surface area contributed by atoms with E-state index < -0.39 is 21.8 Å². The van der Waals surface area contributed by atoms with E-state index in [9.17, 15) is 17.6 Å². The van der Waals surface area contributed by atoms with Crippen LogP contribution >= 0.6 is 0 Å². The Morgan fingerprint density at radius 1 is 1.44 bits per heavy atom. The lowest BCUT2D eigenvalue weighted by atomic mass is 10.2. The van der Waals surface area contributed by atoms with Gasteiger partial charge in [0.2, 0.25) is 10.0 Å². The maximum atomic E-state index is 13.2. The van der Waals surface area contributed by atoms with Gasteiger partial charge in [-0.05, 0) is 31.0 Å². The van der Waals surface area contributed by atoms with Crippen LogP contribution in [0.25, 0.3) is 0 Å². The summed E-state index contributed by atoms with van der Waals surface area (Å²) in [6.45, 7) is 1.57. The van der Waals surface area contributed by atoms with Crippen LogP contribution in [-0.4, -0.2) is 25.2 Å². The quantitative estimate of drug-likeness (QED) is 0.828. The highest BCUT2D eigenvalue weighted by Crippen LogP contribution is 2.15. The second kappa shape index (κ2) is 5.81. The van der Waals surface area contributed by atoms with E-state index in [-0.39, 0.29) is 24.3 Å². The van der Waals surface area contributed by atoms with Crippen LogP contribution in [0, 0.1) is 12.7 Å². The summed E-state index contributed by atoms with van der Waals surface area (Å²) in [5.74, 6) is -1.86. The minimum Gasteiger partial charge on any atom is -0.481 e. The average Bonchev–Trinajstić information content (AvgIpc) is 2.22. The van der Waals surface area contributed by atoms with E-state index in [0.29, 0.717) is 5.56 Å². The molecule has 0 fully saturated rings. The lowest BCUT2D eigenvalue weighted by Gasteiger charge is -2.08. The summed E-state index contributed by atoms with van der Waals surface area (Å²) < 4.78 is 38.5.